The Bertz CT molecular complexity index is 785. The number of nitrogens with zero attached hydrogens (tertiary/aromatic N) is 5. The first-order chi connectivity index (χ1) is 12.1. The van der Waals surface area contributed by atoms with E-state index in [1.165, 1.54) is 12.1 Å². The van der Waals surface area contributed by atoms with Crippen LogP contribution in [0.15, 0.2) is 24.3 Å². The van der Waals surface area contributed by atoms with Crippen molar-refractivity contribution in [3.8, 4) is 18.0 Å². The van der Waals surface area contributed by atoms with Gasteiger partial charge >= 0.3 is 0 Å². The van der Waals surface area contributed by atoms with Crippen molar-refractivity contribution >= 4 is 5.91 Å². The topological polar surface area (TPSA) is 54.3 Å². The smallest absolute Gasteiger partial charge is 0.293 e. The molecule has 7 heteroatoms. The lowest BCUT2D eigenvalue weighted by Crippen LogP contribution is -2.49. The molecule has 0 radical (unpaired) electrons. The van der Waals surface area contributed by atoms with E-state index in [-0.39, 0.29) is 17.5 Å². The second kappa shape index (κ2) is 7.45. The molecule has 1 aliphatic rings. The summed E-state index contributed by atoms with van der Waals surface area (Å²) in [4.78, 5) is 20.9. The number of benzene rings is 1. The third kappa shape index (κ3) is 3.86. The predicted octanol–water partition coefficient (Wildman–Crippen LogP) is 1.50. The summed E-state index contributed by atoms with van der Waals surface area (Å²) in [6, 6.07) is 5.92. The van der Waals surface area contributed by atoms with Crippen molar-refractivity contribution in [2.24, 2.45) is 0 Å². The van der Waals surface area contributed by atoms with E-state index in [1.54, 1.807) is 28.6 Å². The van der Waals surface area contributed by atoms with E-state index in [1.807, 2.05) is 0 Å². The van der Waals surface area contributed by atoms with Crippen LogP contribution in [0, 0.1) is 25.1 Å². The summed E-state index contributed by atoms with van der Waals surface area (Å²) < 4.78 is 14.6. The average molecular weight is 341 g/mol. The Morgan fingerprint density at radius 3 is 2.56 bits per heavy atom. The van der Waals surface area contributed by atoms with Gasteiger partial charge in [-0.15, -0.1) is 17.4 Å². The molecule has 25 heavy (non-hydrogen) atoms. The molecule has 1 fully saturated rings. The molecule has 0 bridgehead atoms. The van der Waals surface area contributed by atoms with E-state index in [4.69, 9.17) is 6.42 Å². The molecule has 1 aromatic heterocycles. The first-order valence-electron chi connectivity index (χ1n) is 8.23. The van der Waals surface area contributed by atoms with Gasteiger partial charge in [0.15, 0.2) is 0 Å². The fraction of sp³-hybridized carbons (Fsp3) is 0.389. The van der Waals surface area contributed by atoms with Crippen LogP contribution < -0.4 is 0 Å². The number of hydrogen-bond acceptors (Lipinski definition) is 4. The molecule has 1 amide bonds. The van der Waals surface area contributed by atoms with Gasteiger partial charge in [0.25, 0.3) is 5.91 Å². The average Bonchev–Trinajstić information content (AvgIpc) is 3.02. The summed E-state index contributed by atoms with van der Waals surface area (Å²) in [6.07, 6.45) is 6.01. The standard InChI is InChI=1S/C18H20FN5O/c1-3-4-9-22-10-12-23(13-11-22)18(25)17-20-14(2)24(21-17)16-7-5-15(19)6-8-16/h1,5-8H,4,9-13H2,2H3. The molecular formula is C18H20FN5O. The largest absolute Gasteiger partial charge is 0.333 e. The third-order valence-electron chi connectivity index (χ3n) is 4.26. The van der Waals surface area contributed by atoms with Crippen molar-refractivity contribution in [2.75, 3.05) is 32.7 Å². The van der Waals surface area contributed by atoms with Crippen molar-refractivity contribution in [1.82, 2.24) is 24.6 Å². The maximum absolute atomic E-state index is 13.1. The van der Waals surface area contributed by atoms with Crippen LogP contribution in [0.3, 0.4) is 0 Å². The van der Waals surface area contributed by atoms with Gasteiger partial charge in [-0.25, -0.2) is 14.1 Å². The number of carbonyl (C=O) groups is 1. The SMILES string of the molecule is C#CCCN1CCN(C(=O)c2nc(C)n(-c3ccc(F)cc3)n2)CC1. The Kier molecular flexibility index (Phi) is 5.10. The highest BCUT2D eigenvalue weighted by atomic mass is 19.1. The summed E-state index contributed by atoms with van der Waals surface area (Å²) in [6.45, 7) is 5.48. The number of aryl methyl sites for hydroxylation is 1. The Morgan fingerprint density at radius 2 is 1.92 bits per heavy atom. The minimum Gasteiger partial charge on any atom is -0.333 e. The molecule has 0 atom stereocenters. The highest BCUT2D eigenvalue weighted by Gasteiger charge is 2.25. The Balaban J connectivity index is 1.69. The van der Waals surface area contributed by atoms with Gasteiger partial charge in [-0.3, -0.25) is 9.69 Å². The molecule has 2 aromatic rings. The van der Waals surface area contributed by atoms with Gasteiger partial charge in [-0.2, -0.15) is 0 Å². The van der Waals surface area contributed by atoms with Crippen LogP contribution in [0.5, 0.6) is 0 Å². The zero-order valence-electron chi connectivity index (χ0n) is 14.2. The molecule has 1 aromatic carbocycles. The molecule has 1 saturated heterocycles. The Morgan fingerprint density at radius 1 is 1.24 bits per heavy atom. The summed E-state index contributed by atoms with van der Waals surface area (Å²) in [5.74, 6) is 2.89. The van der Waals surface area contributed by atoms with Crippen molar-refractivity contribution in [3.63, 3.8) is 0 Å². The van der Waals surface area contributed by atoms with E-state index in [0.717, 1.165) is 26.1 Å². The molecule has 0 aliphatic carbocycles. The van der Waals surface area contributed by atoms with Crippen LogP contribution >= 0.6 is 0 Å². The normalized spacial score (nSPS) is 15.2. The van der Waals surface area contributed by atoms with Crippen LogP contribution in [0.2, 0.25) is 0 Å². The molecule has 6 nitrogen and oxygen atoms in total. The number of amides is 1. The predicted molar refractivity (Wildman–Crippen MR) is 91.8 cm³/mol. The van der Waals surface area contributed by atoms with Gasteiger partial charge in [0.1, 0.15) is 11.6 Å². The fourth-order valence-corrected chi connectivity index (χ4v) is 2.85. The Hall–Kier alpha value is -2.72. The number of piperazine rings is 1. The molecule has 1 aliphatic heterocycles. The maximum atomic E-state index is 13.1. The number of terminal acetylenes is 1. The Labute approximate surface area is 146 Å². The molecule has 0 unspecified atom stereocenters. The van der Waals surface area contributed by atoms with Crippen molar-refractivity contribution in [1.29, 1.82) is 0 Å². The summed E-state index contributed by atoms with van der Waals surface area (Å²) in [5, 5.41) is 4.31. The lowest BCUT2D eigenvalue weighted by molar-refractivity contribution is 0.0628. The van der Waals surface area contributed by atoms with Gasteiger partial charge in [0, 0.05) is 39.1 Å². The molecule has 130 valence electrons. The monoisotopic (exact) mass is 341 g/mol. The van der Waals surface area contributed by atoms with Gasteiger partial charge in [-0.05, 0) is 31.2 Å². The minimum absolute atomic E-state index is 0.166. The minimum atomic E-state index is -0.319. The van der Waals surface area contributed by atoms with E-state index in [2.05, 4.69) is 20.9 Å². The highest BCUT2D eigenvalue weighted by Crippen LogP contribution is 2.12. The van der Waals surface area contributed by atoms with Crippen molar-refractivity contribution in [3.05, 3.63) is 41.7 Å². The maximum Gasteiger partial charge on any atom is 0.293 e. The first-order valence-corrected chi connectivity index (χ1v) is 8.23. The number of carbonyl (C=O) groups excluding carboxylic acids is 1. The first kappa shape index (κ1) is 17.1. The quantitative estimate of drug-likeness (QED) is 0.791. The van der Waals surface area contributed by atoms with E-state index in [9.17, 15) is 9.18 Å². The van der Waals surface area contributed by atoms with E-state index in [0.29, 0.717) is 24.6 Å². The molecule has 3 rings (SSSR count). The molecular weight excluding hydrogens is 321 g/mol. The lowest BCUT2D eigenvalue weighted by atomic mass is 10.3. The second-order valence-corrected chi connectivity index (χ2v) is 5.96. The van der Waals surface area contributed by atoms with Gasteiger partial charge in [0.05, 0.1) is 5.69 Å². The van der Waals surface area contributed by atoms with Crippen LogP contribution in [-0.2, 0) is 0 Å². The van der Waals surface area contributed by atoms with Crippen LogP contribution in [0.1, 0.15) is 22.9 Å². The third-order valence-corrected chi connectivity index (χ3v) is 4.26. The highest BCUT2D eigenvalue weighted by molar-refractivity contribution is 5.90. The van der Waals surface area contributed by atoms with E-state index >= 15 is 0 Å². The lowest BCUT2D eigenvalue weighted by Gasteiger charge is -2.33. The molecule has 0 N–H and O–H groups in total. The number of halogens is 1. The summed E-state index contributed by atoms with van der Waals surface area (Å²) in [5.41, 5.74) is 0.671. The summed E-state index contributed by atoms with van der Waals surface area (Å²) in [7, 11) is 0. The summed E-state index contributed by atoms with van der Waals surface area (Å²) >= 11 is 0. The van der Waals surface area contributed by atoms with E-state index < -0.39 is 0 Å². The zero-order chi connectivity index (χ0) is 17.8. The number of hydrogen-bond donors (Lipinski definition) is 0. The van der Waals surface area contributed by atoms with Gasteiger partial charge in [0.2, 0.25) is 5.82 Å². The second-order valence-electron chi connectivity index (χ2n) is 5.96. The zero-order valence-corrected chi connectivity index (χ0v) is 14.2. The fourth-order valence-electron chi connectivity index (χ4n) is 2.85. The van der Waals surface area contributed by atoms with Crippen molar-refractivity contribution in [2.45, 2.75) is 13.3 Å². The van der Waals surface area contributed by atoms with Crippen LogP contribution in [0.25, 0.3) is 5.69 Å². The number of rotatable bonds is 4. The molecule has 0 spiro atoms. The number of aromatic nitrogens is 3. The molecule has 0 saturated carbocycles. The van der Waals surface area contributed by atoms with Crippen LogP contribution in [-0.4, -0.2) is 63.2 Å². The van der Waals surface area contributed by atoms with Crippen LogP contribution in [0.4, 0.5) is 4.39 Å². The molecule has 2 heterocycles. The van der Waals surface area contributed by atoms with Gasteiger partial charge < -0.3 is 4.90 Å². The van der Waals surface area contributed by atoms with Crippen molar-refractivity contribution < 1.29 is 9.18 Å². The van der Waals surface area contributed by atoms with Gasteiger partial charge in [-0.1, -0.05) is 0 Å².